The molecule has 6 nitrogen and oxygen atoms in total. The van der Waals surface area contributed by atoms with Gasteiger partial charge < -0.3 is 15.2 Å². The van der Waals surface area contributed by atoms with Crippen LogP contribution in [0.2, 0.25) is 0 Å². The van der Waals surface area contributed by atoms with Crippen molar-refractivity contribution in [2.75, 3.05) is 19.8 Å². The van der Waals surface area contributed by atoms with Crippen molar-refractivity contribution in [3.05, 3.63) is 41.1 Å². The Labute approximate surface area is 133 Å². The molecule has 2 N–H and O–H groups in total. The molecule has 0 saturated heterocycles. The van der Waals surface area contributed by atoms with Gasteiger partial charge in [0.1, 0.15) is 6.61 Å². The summed E-state index contributed by atoms with van der Waals surface area (Å²) in [6.07, 6.45) is 2.79. The Balaban J connectivity index is 1.79. The fraction of sp³-hybridized carbons (Fsp3) is 0.353. The van der Waals surface area contributed by atoms with E-state index in [1.807, 2.05) is 24.3 Å². The molecular formula is C17H18N2O4. The van der Waals surface area contributed by atoms with Gasteiger partial charge in [0.15, 0.2) is 0 Å². The van der Waals surface area contributed by atoms with E-state index in [9.17, 15) is 9.59 Å². The fourth-order valence-corrected chi connectivity index (χ4v) is 2.95. The molecular weight excluding hydrogens is 296 g/mol. The first-order valence-electron chi connectivity index (χ1n) is 7.65. The summed E-state index contributed by atoms with van der Waals surface area (Å²) in [5, 5.41) is 12.2. The Kier molecular flexibility index (Phi) is 4.52. The van der Waals surface area contributed by atoms with E-state index >= 15 is 0 Å². The van der Waals surface area contributed by atoms with Gasteiger partial charge in [-0.1, -0.05) is 18.2 Å². The van der Waals surface area contributed by atoms with Crippen LogP contribution < -0.4 is 5.32 Å². The van der Waals surface area contributed by atoms with Gasteiger partial charge in [-0.3, -0.25) is 9.78 Å². The first-order valence-corrected chi connectivity index (χ1v) is 7.65. The number of nitrogens with zero attached hydrogens (tertiary/aromatic N) is 1. The van der Waals surface area contributed by atoms with Gasteiger partial charge in [-0.2, -0.15) is 0 Å². The molecule has 0 saturated carbocycles. The second kappa shape index (κ2) is 6.75. The number of carboxylic acids is 1. The number of hydrogen-bond acceptors (Lipinski definition) is 4. The van der Waals surface area contributed by atoms with Crippen LogP contribution in [-0.4, -0.2) is 41.7 Å². The van der Waals surface area contributed by atoms with Crippen LogP contribution in [0.15, 0.2) is 24.3 Å². The molecule has 1 heterocycles. The van der Waals surface area contributed by atoms with Crippen molar-refractivity contribution in [2.24, 2.45) is 0 Å². The third kappa shape index (κ3) is 3.32. The van der Waals surface area contributed by atoms with Crippen LogP contribution in [-0.2, 0) is 22.4 Å². The molecule has 1 aromatic carbocycles. The van der Waals surface area contributed by atoms with Crippen LogP contribution in [0, 0.1) is 0 Å². The van der Waals surface area contributed by atoms with Crippen molar-refractivity contribution in [3.8, 4) is 0 Å². The minimum absolute atomic E-state index is 0.152. The van der Waals surface area contributed by atoms with E-state index in [2.05, 4.69) is 10.3 Å². The highest BCUT2D eigenvalue weighted by Crippen LogP contribution is 2.29. The molecule has 0 bridgehead atoms. The van der Waals surface area contributed by atoms with Gasteiger partial charge in [0.2, 0.25) is 0 Å². The molecule has 0 unspecified atom stereocenters. The van der Waals surface area contributed by atoms with E-state index in [0.717, 1.165) is 41.4 Å². The number of para-hydroxylation sites is 1. The van der Waals surface area contributed by atoms with E-state index in [4.69, 9.17) is 9.84 Å². The van der Waals surface area contributed by atoms with Crippen molar-refractivity contribution in [2.45, 2.75) is 19.3 Å². The highest BCUT2D eigenvalue weighted by Gasteiger charge is 2.23. The number of nitrogens with one attached hydrogen (secondary N) is 1. The maximum atomic E-state index is 12.6. The number of benzene rings is 1. The maximum absolute atomic E-state index is 12.6. The normalized spacial score (nSPS) is 13.0. The topological polar surface area (TPSA) is 88.5 Å². The molecule has 0 aliphatic heterocycles. The largest absolute Gasteiger partial charge is 0.480 e. The quantitative estimate of drug-likeness (QED) is 0.790. The molecule has 0 atom stereocenters. The number of fused-ring (bicyclic) bond motifs is 2. The Hall–Kier alpha value is -2.47. The minimum atomic E-state index is -1.02. The molecule has 23 heavy (non-hydrogen) atoms. The maximum Gasteiger partial charge on any atom is 0.329 e. The molecule has 1 aliphatic carbocycles. The predicted molar refractivity (Wildman–Crippen MR) is 84.6 cm³/mol. The van der Waals surface area contributed by atoms with Crippen molar-refractivity contribution >= 4 is 22.8 Å². The Morgan fingerprint density at radius 1 is 1.26 bits per heavy atom. The third-order valence-corrected chi connectivity index (χ3v) is 3.90. The molecule has 120 valence electrons. The molecule has 1 aliphatic rings. The van der Waals surface area contributed by atoms with Gasteiger partial charge in [0, 0.05) is 17.6 Å². The number of ether oxygens (including phenoxy) is 1. The second-order valence-corrected chi connectivity index (χ2v) is 5.48. The average Bonchev–Trinajstić information content (AvgIpc) is 2.99. The number of pyridine rings is 1. The van der Waals surface area contributed by atoms with E-state index < -0.39 is 5.97 Å². The van der Waals surface area contributed by atoms with Gasteiger partial charge in [-0.15, -0.1) is 0 Å². The average molecular weight is 314 g/mol. The van der Waals surface area contributed by atoms with Gasteiger partial charge in [0.25, 0.3) is 5.91 Å². The molecule has 1 aromatic heterocycles. The van der Waals surface area contributed by atoms with Gasteiger partial charge >= 0.3 is 5.97 Å². The predicted octanol–water partition coefficient (Wildman–Crippen LogP) is 1.55. The van der Waals surface area contributed by atoms with E-state index in [1.54, 1.807) is 0 Å². The molecule has 2 aromatic rings. The van der Waals surface area contributed by atoms with Crippen molar-refractivity contribution < 1.29 is 19.4 Å². The molecule has 0 spiro atoms. The SMILES string of the molecule is O=C(O)COCCNC(=O)c1c2c(nc3ccccc13)CCC2. The summed E-state index contributed by atoms with van der Waals surface area (Å²) < 4.78 is 4.93. The Bertz CT molecular complexity index is 758. The van der Waals surface area contributed by atoms with Crippen LogP contribution in [0.3, 0.4) is 0 Å². The number of aliphatic carboxylic acids is 1. The Morgan fingerprint density at radius 3 is 2.91 bits per heavy atom. The lowest BCUT2D eigenvalue weighted by Gasteiger charge is -2.12. The summed E-state index contributed by atoms with van der Waals surface area (Å²) in [5.41, 5.74) is 3.57. The summed E-state index contributed by atoms with van der Waals surface area (Å²) >= 11 is 0. The fourth-order valence-electron chi connectivity index (χ4n) is 2.95. The van der Waals surface area contributed by atoms with Crippen molar-refractivity contribution in [1.82, 2.24) is 10.3 Å². The zero-order chi connectivity index (χ0) is 16.2. The number of carbonyl (C=O) groups excluding carboxylic acids is 1. The molecule has 3 rings (SSSR count). The lowest BCUT2D eigenvalue weighted by molar-refractivity contribution is -0.142. The molecule has 0 fully saturated rings. The van der Waals surface area contributed by atoms with Crippen LogP contribution in [0.25, 0.3) is 10.9 Å². The van der Waals surface area contributed by atoms with E-state index in [-0.39, 0.29) is 25.7 Å². The minimum Gasteiger partial charge on any atom is -0.480 e. The molecule has 1 amide bonds. The standard InChI is InChI=1S/C17H18N2O4/c20-15(21)10-23-9-8-18-17(22)16-11-4-1-2-6-13(11)19-14-7-3-5-12(14)16/h1-2,4,6H,3,5,7-10H2,(H,18,22)(H,20,21). The number of carbonyl (C=O) groups is 2. The lowest BCUT2D eigenvalue weighted by atomic mass is 10.0. The van der Waals surface area contributed by atoms with Crippen LogP contribution in [0.4, 0.5) is 0 Å². The van der Waals surface area contributed by atoms with Gasteiger partial charge in [-0.05, 0) is 30.9 Å². The Morgan fingerprint density at radius 2 is 2.09 bits per heavy atom. The van der Waals surface area contributed by atoms with E-state index in [0.29, 0.717) is 5.56 Å². The third-order valence-electron chi connectivity index (χ3n) is 3.90. The molecule has 6 heteroatoms. The smallest absolute Gasteiger partial charge is 0.329 e. The monoisotopic (exact) mass is 314 g/mol. The van der Waals surface area contributed by atoms with Gasteiger partial charge in [0.05, 0.1) is 17.7 Å². The second-order valence-electron chi connectivity index (χ2n) is 5.48. The summed E-state index contributed by atoms with van der Waals surface area (Å²) in [7, 11) is 0. The number of amides is 1. The van der Waals surface area contributed by atoms with E-state index in [1.165, 1.54) is 0 Å². The van der Waals surface area contributed by atoms with Crippen LogP contribution >= 0.6 is 0 Å². The summed E-state index contributed by atoms with van der Waals surface area (Å²) in [6.45, 7) is 0.0875. The molecule has 0 radical (unpaired) electrons. The summed E-state index contributed by atoms with van der Waals surface area (Å²) in [5.74, 6) is -1.17. The number of carboxylic acid groups (broad SMARTS) is 1. The summed E-state index contributed by atoms with van der Waals surface area (Å²) in [4.78, 5) is 27.6. The highest BCUT2D eigenvalue weighted by atomic mass is 16.5. The first kappa shape index (κ1) is 15.4. The first-order chi connectivity index (χ1) is 11.2. The van der Waals surface area contributed by atoms with Gasteiger partial charge in [-0.25, -0.2) is 4.79 Å². The highest BCUT2D eigenvalue weighted by molar-refractivity contribution is 6.07. The zero-order valence-electron chi connectivity index (χ0n) is 12.7. The van der Waals surface area contributed by atoms with Crippen LogP contribution in [0.5, 0.6) is 0 Å². The van der Waals surface area contributed by atoms with Crippen LogP contribution in [0.1, 0.15) is 28.0 Å². The lowest BCUT2D eigenvalue weighted by Crippen LogP contribution is -2.29. The van der Waals surface area contributed by atoms with Crippen molar-refractivity contribution in [3.63, 3.8) is 0 Å². The number of rotatable bonds is 6. The number of hydrogen-bond donors (Lipinski definition) is 2. The number of aromatic nitrogens is 1. The van der Waals surface area contributed by atoms with Crippen molar-refractivity contribution in [1.29, 1.82) is 0 Å². The number of aryl methyl sites for hydroxylation is 1. The summed E-state index contributed by atoms with van der Waals surface area (Å²) in [6, 6.07) is 7.65. The zero-order valence-corrected chi connectivity index (χ0v) is 12.7.